The first-order valence-corrected chi connectivity index (χ1v) is 4.74. The van der Waals surface area contributed by atoms with Crippen LogP contribution in [0.4, 0.5) is 13.2 Å². The van der Waals surface area contributed by atoms with Crippen molar-refractivity contribution in [2.45, 2.75) is 51.4 Å². The topological polar surface area (TPSA) is 12.0 Å². The Labute approximate surface area is 76.7 Å². The van der Waals surface area contributed by atoms with E-state index < -0.39 is 12.2 Å². The van der Waals surface area contributed by atoms with Crippen LogP contribution in [0.5, 0.6) is 0 Å². The van der Waals surface area contributed by atoms with Crippen LogP contribution in [0.2, 0.25) is 0 Å². The average molecular weight is 195 g/mol. The molecule has 0 heterocycles. The van der Waals surface area contributed by atoms with E-state index in [1.54, 1.807) is 0 Å². The lowest BCUT2D eigenvalue weighted by molar-refractivity contribution is -0.153. The van der Waals surface area contributed by atoms with E-state index in [2.05, 4.69) is 5.32 Å². The summed E-state index contributed by atoms with van der Waals surface area (Å²) in [6, 6.07) is -1.32. The second-order valence-corrected chi connectivity index (χ2v) is 3.94. The van der Waals surface area contributed by atoms with E-state index in [1.807, 2.05) is 6.92 Å². The molecule has 0 aliphatic heterocycles. The highest BCUT2D eigenvalue weighted by atomic mass is 19.4. The summed E-state index contributed by atoms with van der Waals surface area (Å²) >= 11 is 0. The van der Waals surface area contributed by atoms with E-state index in [9.17, 15) is 13.2 Å². The standard InChI is InChI=1S/C9H16F3N/c1-6-4-3-5-8(6)13-7(2)9(10,11)12/h6-8,13H,3-5H2,1-2H3. The van der Waals surface area contributed by atoms with Gasteiger partial charge in [-0.15, -0.1) is 0 Å². The lowest BCUT2D eigenvalue weighted by atomic mass is 10.1. The third-order valence-corrected chi connectivity index (χ3v) is 2.82. The normalized spacial score (nSPS) is 32.1. The first-order valence-electron chi connectivity index (χ1n) is 4.74. The summed E-state index contributed by atoms with van der Waals surface area (Å²) in [5, 5.41) is 2.64. The Morgan fingerprint density at radius 3 is 2.31 bits per heavy atom. The second kappa shape index (κ2) is 3.86. The van der Waals surface area contributed by atoms with E-state index in [1.165, 1.54) is 6.92 Å². The Kier molecular flexibility index (Phi) is 3.22. The first-order chi connectivity index (χ1) is 5.91. The summed E-state index contributed by atoms with van der Waals surface area (Å²) in [4.78, 5) is 0. The van der Waals surface area contributed by atoms with Crippen LogP contribution in [0, 0.1) is 5.92 Å². The van der Waals surface area contributed by atoms with Crippen LogP contribution >= 0.6 is 0 Å². The number of nitrogens with one attached hydrogen (secondary N) is 1. The molecule has 1 fully saturated rings. The van der Waals surface area contributed by atoms with Gasteiger partial charge in [0.1, 0.15) is 6.04 Å². The van der Waals surface area contributed by atoms with Crippen molar-refractivity contribution >= 4 is 0 Å². The summed E-state index contributed by atoms with van der Waals surface area (Å²) in [5.74, 6) is 0.379. The fourth-order valence-corrected chi connectivity index (χ4v) is 1.81. The molecule has 0 aromatic carbocycles. The smallest absolute Gasteiger partial charge is 0.303 e. The van der Waals surface area contributed by atoms with Crippen LogP contribution in [0.1, 0.15) is 33.1 Å². The molecule has 1 N–H and O–H groups in total. The highest BCUT2D eigenvalue weighted by Crippen LogP contribution is 2.27. The molecule has 0 aromatic rings. The third-order valence-electron chi connectivity index (χ3n) is 2.82. The summed E-state index contributed by atoms with van der Waals surface area (Å²) in [6.45, 7) is 3.19. The molecule has 1 rings (SSSR count). The maximum Gasteiger partial charge on any atom is 0.403 e. The largest absolute Gasteiger partial charge is 0.403 e. The van der Waals surface area contributed by atoms with Gasteiger partial charge in [-0.3, -0.25) is 0 Å². The van der Waals surface area contributed by atoms with Crippen LogP contribution in [-0.2, 0) is 0 Å². The highest BCUT2D eigenvalue weighted by molar-refractivity contribution is 4.84. The van der Waals surface area contributed by atoms with Crippen molar-refractivity contribution in [2.24, 2.45) is 5.92 Å². The number of halogens is 3. The molecule has 1 aliphatic rings. The number of rotatable bonds is 2. The molecule has 1 nitrogen and oxygen atoms in total. The van der Waals surface area contributed by atoms with Crippen LogP contribution in [-0.4, -0.2) is 18.3 Å². The van der Waals surface area contributed by atoms with Crippen molar-refractivity contribution in [3.05, 3.63) is 0 Å². The van der Waals surface area contributed by atoms with Crippen molar-refractivity contribution in [1.82, 2.24) is 5.32 Å². The molecule has 78 valence electrons. The zero-order valence-electron chi connectivity index (χ0n) is 7.99. The molecule has 1 saturated carbocycles. The van der Waals surface area contributed by atoms with Gasteiger partial charge in [-0.2, -0.15) is 13.2 Å². The van der Waals surface area contributed by atoms with Gasteiger partial charge in [-0.05, 0) is 25.7 Å². The van der Waals surface area contributed by atoms with Gasteiger partial charge in [0.05, 0.1) is 0 Å². The summed E-state index contributed by atoms with van der Waals surface area (Å²) in [6.07, 6.45) is -1.14. The average Bonchev–Trinajstić information content (AvgIpc) is 2.34. The van der Waals surface area contributed by atoms with Crippen LogP contribution < -0.4 is 5.32 Å². The van der Waals surface area contributed by atoms with Crippen molar-refractivity contribution in [1.29, 1.82) is 0 Å². The Balaban J connectivity index is 2.40. The fraction of sp³-hybridized carbons (Fsp3) is 1.00. The molecule has 1 aliphatic carbocycles. The molecule has 0 saturated heterocycles. The predicted molar refractivity (Wildman–Crippen MR) is 45.5 cm³/mol. The molecular weight excluding hydrogens is 179 g/mol. The van der Waals surface area contributed by atoms with Crippen LogP contribution in [0.25, 0.3) is 0 Å². The summed E-state index contributed by atoms with van der Waals surface area (Å²) < 4.78 is 36.5. The van der Waals surface area contributed by atoms with Gasteiger partial charge in [0.2, 0.25) is 0 Å². The quantitative estimate of drug-likeness (QED) is 0.714. The number of alkyl halides is 3. The Morgan fingerprint density at radius 1 is 1.31 bits per heavy atom. The van der Waals surface area contributed by atoms with E-state index in [-0.39, 0.29) is 6.04 Å². The Hall–Kier alpha value is -0.250. The van der Waals surface area contributed by atoms with Gasteiger partial charge in [0.25, 0.3) is 0 Å². The lowest BCUT2D eigenvalue weighted by Crippen LogP contribution is -2.46. The van der Waals surface area contributed by atoms with Gasteiger partial charge in [0, 0.05) is 6.04 Å². The SMILES string of the molecule is CC1CCCC1NC(C)C(F)(F)F. The van der Waals surface area contributed by atoms with Gasteiger partial charge in [-0.25, -0.2) is 0 Å². The van der Waals surface area contributed by atoms with Crippen LogP contribution in [0.3, 0.4) is 0 Å². The van der Waals surface area contributed by atoms with E-state index >= 15 is 0 Å². The van der Waals surface area contributed by atoms with Gasteiger partial charge < -0.3 is 5.32 Å². The van der Waals surface area contributed by atoms with Crippen molar-refractivity contribution in [3.63, 3.8) is 0 Å². The highest BCUT2D eigenvalue weighted by Gasteiger charge is 2.38. The molecule has 13 heavy (non-hydrogen) atoms. The summed E-state index contributed by atoms with van der Waals surface area (Å²) in [7, 11) is 0. The monoisotopic (exact) mass is 195 g/mol. The maximum absolute atomic E-state index is 12.2. The van der Waals surface area contributed by atoms with Gasteiger partial charge in [-0.1, -0.05) is 13.3 Å². The van der Waals surface area contributed by atoms with E-state index in [0.29, 0.717) is 5.92 Å². The molecule has 0 amide bonds. The molecule has 3 unspecified atom stereocenters. The zero-order chi connectivity index (χ0) is 10.1. The number of hydrogen-bond acceptors (Lipinski definition) is 1. The Bertz CT molecular complexity index is 167. The minimum Gasteiger partial charge on any atom is -0.303 e. The molecule has 3 atom stereocenters. The predicted octanol–water partition coefficient (Wildman–Crippen LogP) is 2.72. The molecule has 0 aromatic heterocycles. The fourth-order valence-electron chi connectivity index (χ4n) is 1.81. The molecule has 4 heteroatoms. The van der Waals surface area contributed by atoms with E-state index in [0.717, 1.165) is 19.3 Å². The number of hydrogen-bond donors (Lipinski definition) is 1. The summed E-state index contributed by atoms with van der Waals surface area (Å²) in [5.41, 5.74) is 0. The molecule has 0 spiro atoms. The third kappa shape index (κ3) is 2.86. The minimum atomic E-state index is -4.11. The van der Waals surface area contributed by atoms with Crippen molar-refractivity contribution < 1.29 is 13.2 Å². The lowest BCUT2D eigenvalue weighted by Gasteiger charge is -2.24. The van der Waals surface area contributed by atoms with Gasteiger partial charge >= 0.3 is 6.18 Å². The Morgan fingerprint density at radius 2 is 1.92 bits per heavy atom. The minimum absolute atomic E-state index is 0.0524. The van der Waals surface area contributed by atoms with Crippen molar-refractivity contribution in [2.75, 3.05) is 0 Å². The van der Waals surface area contributed by atoms with Crippen molar-refractivity contribution in [3.8, 4) is 0 Å². The molecular formula is C9H16F3N. The van der Waals surface area contributed by atoms with E-state index in [4.69, 9.17) is 0 Å². The zero-order valence-corrected chi connectivity index (χ0v) is 7.99. The molecule has 0 radical (unpaired) electrons. The first kappa shape index (κ1) is 10.8. The second-order valence-electron chi connectivity index (χ2n) is 3.94. The maximum atomic E-state index is 12.2. The molecule has 0 bridgehead atoms. The van der Waals surface area contributed by atoms with Crippen LogP contribution in [0.15, 0.2) is 0 Å². The van der Waals surface area contributed by atoms with Gasteiger partial charge in [0.15, 0.2) is 0 Å².